The highest BCUT2D eigenvalue weighted by Gasteiger charge is 2.29. The first-order valence-electron chi connectivity index (χ1n) is 7.31. The van der Waals surface area contributed by atoms with Crippen molar-refractivity contribution in [3.8, 4) is 16.9 Å². The molecular formula is C18H15F3OS. The van der Waals surface area contributed by atoms with Crippen molar-refractivity contribution in [1.29, 1.82) is 0 Å². The lowest BCUT2D eigenvalue weighted by atomic mass is 9.92. The van der Waals surface area contributed by atoms with Gasteiger partial charge in [0.15, 0.2) is 0 Å². The smallest absolute Gasteiger partial charge is 0.446 e. The molecule has 1 N–H and O–H groups in total. The summed E-state index contributed by atoms with van der Waals surface area (Å²) in [6.07, 6.45) is 6.96. The fourth-order valence-electron chi connectivity index (χ4n) is 2.83. The number of hydrogen-bond donors (Lipinski definition) is 1. The van der Waals surface area contributed by atoms with Crippen molar-refractivity contribution in [1.82, 2.24) is 0 Å². The minimum absolute atomic E-state index is 0.133. The van der Waals surface area contributed by atoms with Crippen LogP contribution < -0.4 is 0 Å². The number of thioether (sulfide) groups is 1. The van der Waals surface area contributed by atoms with Crippen LogP contribution in [0.3, 0.4) is 0 Å². The second kappa shape index (κ2) is 6.32. The Kier molecular flexibility index (Phi) is 4.39. The van der Waals surface area contributed by atoms with Gasteiger partial charge < -0.3 is 5.11 Å². The number of benzene rings is 2. The summed E-state index contributed by atoms with van der Waals surface area (Å²) in [5, 5.41) is 10.3. The maximum atomic E-state index is 12.4. The van der Waals surface area contributed by atoms with Gasteiger partial charge in [0, 0.05) is 10.5 Å². The second-order valence-corrected chi connectivity index (χ2v) is 6.53. The van der Waals surface area contributed by atoms with Crippen molar-refractivity contribution >= 4 is 17.8 Å². The normalized spacial score (nSPS) is 14.4. The minimum atomic E-state index is -4.29. The molecule has 0 unspecified atom stereocenters. The summed E-state index contributed by atoms with van der Waals surface area (Å²) >= 11 is -0.133. The van der Waals surface area contributed by atoms with E-state index in [4.69, 9.17) is 0 Å². The van der Waals surface area contributed by atoms with Gasteiger partial charge in [-0.25, -0.2) is 0 Å². The van der Waals surface area contributed by atoms with Crippen molar-refractivity contribution in [2.75, 3.05) is 0 Å². The average Bonchev–Trinajstić information content (AvgIpc) is 2.72. The Bertz CT molecular complexity index is 733. The van der Waals surface area contributed by atoms with Crippen molar-refractivity contribution < 1.29 is 18.3 Å². The SMILES string of the molecule is Oc1ccc2c(c1-c1ccc(SC(F)(F)F)cc1)CCCC=C2. The highest BCUT2D eigenvalue weighted by Crippen LogP contribution is 2.40. The van der Waals surface area contributed by atoms with Gasteiger partial charge in [0.25, 0.3) is 0 Å². The lowest BCUT2D eigenvalue weighted by molar-refractivity contribution is -0.0328. The van der Waals surface area contributed by atoms with Crippen LogP contribution >= 0.6 is 11.8 Å². The van der Waals surface area contributed by atoms with Gasteiger partial charge in [0.1, 0.15) is 5.75 Å². The number of rotatable bonds is 2. The Balaban J connectivity index is 2.00. The maximum absolute atomic E-state index is 12.4. The molecule has 0 heterocycles. The molecule has 0 bridgehead atoms. The van der Waals surface area contributed by atoms with Crippen molar-refractivity contribution in [3.63, 3.8) is 0 Å². The highest BCUT2D eigenvalue weighted by molar-refractivity contribution is 8.00. The van der Waals surface area contributed by atoms with Gasteiger partial charge in [0.05, 0.1) is 0 Å². The zero-order valence-electron chi connectivity index (χ0n) is 12.2. The minimum Gasteiger partial charge on any atom is -0.507 e. The van der Waals surface area contributed by atoms with Crippen LogP contribution in [0.15, 0.2) is 47.4 Å². The largest absolute Gasteiger partial charge is 0.507 e. The molecule has 5 heteroatoms. The molecule has 0 spiro atoms. The summed E-state index contributed by atoms with van der Waals surface area (Å²) in [6.45, 7) is 0. The highest BCUT2D eigenvalue weighted by atomic mass is 32.2. The number of aromatic hydroxyl groups is 1. The molecule has 0 fully saturated rings. The van der Waals surface area contributed by atoms with E-state index < -0.39 is 5.51 Å². The zero-order valence-corrected chi connectivity index (χ0v) is 13.0. The predicted molar refractivity (Wildman–Crippen MR) is 87.4 cm³/mol. The third-order valence-electron chi connectivity index (χ3n) is 3.80. The third-order valence-corrected chi connectivity index (χ3v) is 4.54. The monoisotopic (exact) mass is 336 g/mol. The van der Waals surface area contributed by atoms with Crippen LogP contribution in [0.2, 0.25) is 0 Å². The number of alkyl halides is 3. The molecule has 1 aliphatic carbocycles. The molecule has 1 aliphatic rings. The number of fused-ring (bicyclic) bond motifs is 1. The Morgan fingerprint density at radius 3 is 2.43 bits per heavy atom. The van der Waals surface area contributed by atoms with Crippen molar-refractivity contribution in [2.45, 2.75) is 29.7 Å². The van der Waals surface area contributed by atoms with E-state index in [1.54, 1.807) is 18.2 Å². The summed E-state index contributed by atoms with van der Waals surface area (Å²) in [5.41, 5.74) is -0.726. The molecule has 0 aliphatic heterocycles. The van der Waals surface area contributed by atoms with Crippen LogP contribution in [0.5, 0.6) is 5.75 Å². The predicted octanol–water partition coefficient (Wildman–Crippen LogP) is 6.02. The summed E-state index contributed by atoms with van der Waals surface area (Å²) in [7, 11) is 0. The number of hydrogen-bond acceptors (Lipinski definition) is 2. The molecule has 1 nitrogen and oxygen atoms in total. The van der Waals surface area contributed by atoms with E-state index in [1.807, 2.05) is 12.1 Å². The summed E-state index contributed by atoms with van der Waals surface area (Å²) in [5.74, 6) is 0.162. The molecule has 3 rings (SSSR count). The number of allylic oxidation sites excluding steroid dienone is 1. The summed E-state index contributed by atoms with van der Waals surface area (Å²) in [6, 6.07) is 9.68. The Hall–Kier alpha value is -1.88. The standard InChI is InChI=1S/C18H15F3OS/c19-18(20,21)23-14-9-6-13(7-10-14)17-15-5-3-1-2-4-12(15)8-11-16(17)22/h2,4,6-11,22H,1,3,5H2. The molecule has 2 aromatic carbocycles. The van der Waals surface area contributed by atoms with E-state index in [-0.39, 0.29) is 22.4 Å². The lowest BCUT2D eigenvalue weighted by Crippen LogP contribution is -1.99. The Labute approximate surface area is 136 Å². The van der Waals surface area contributed by atoms with E-state index in [0.717, 1.165) is 41.5 Å². The van der Waals surface area contributed by atoms with Crippen LogP contribution in [0.4, 0.5) is 13.2 Å². The van der Waals surface area contributed by atoms with Crippen LogP contribution in [0.25, 0.3) is 17.2 Å². The average molecular weight is 336 g/mol. The third kappa shape index (κ3) is 3.72. The van der Waals surface area contributed by atoms with Crippen molar-refractivity contribution in [2.24, 2.45) is 0 Å². The Morgan fingerprint density at radius 2 is 1.74 bits per heavy atom. The van der Waals surface area contributed by atoms with Gasteiger partial charge in [-0.2, -0.15) is 13.2 Å². The van der Waals surface area contributed by atoms with E-state index in [9.17, 15) is 18.3 Å². The molecule has 0 saturated heterocycles. The fraction of sp³-hybridized carbons (Fsp3) is 0.222. The van der Waals surface area contributed by atoms with Crippen LogP contribution in [-0.4, -0.2) is 10.6 Å². The Morgan fingerprint density at radius 1 is 1.00 bits per heavy atom. The second-order valence-electron chi connectivity index (χ2n) is 5.39. The molecule has 0 atom stereocenters. The molecule has 120 valence electrons. The molecule has 0 aromatic heterocycles. The first-order valence-corrected chi connectivity index (χ1v) is 8.13. The number of phenolic OH excluding ortho intramolecular Hbond substituents is 1. The lowest BCUT2D eigenvalue weighted by Gasteiger charge is -2.14. The number of phenols is 1. The van der Waals surface area contributed by atoms with Gasteiger partial charge in [-0.1, -0.05) is 30.4 Å². The van der Waals surface area contributed by atoms with Gasteiger partial charge in [-0.05, 0) is 65.9 Å². The van der Waals surface area contributed by atoms with Gasteiger partial charge in [-0.15, -0.1) is 0 Å². The number of halogens is 3. The molecular weight excluding hydrogens is 321 g/mol. The zero-order chi connectivity index (χ0) is 16.4. The molecule has 0 radical (unpaired) electrons. The van der Waals surface area contributed by atoms with E-state index in [0.29, 0.717) is 0 Å². The molecule has 0 saturated carbocycles. The van der Waals surface area contributed by atoms with Gasteiger partial charge in [0.2, 0.25) is 0 Å². The molecule has 23 heavy (non-hydrogen) atoms. The maximum Gasteiger partial charge on any atom is 0.446 e. The van der Waals surface area contributed by atoms with Crippen LogP contribution in [0.1, 0.15) is 24.0 Å². The molecule has 2 aromatic rings. The fourth-order valence-corrected chi connectivity index (χ4v) is 3.37. The first kappa shape index (κ1) is 16.0. The van der Waals surface area contributed by atoms with Gasteiger partial charge in [-0.3, -0.25) is 0 Å². The topological polar surface area (TPSA) is 20.2 Å². The first-order chi connectivity index (χ1) is 10.9. The van der Waals surface area contributed by atoms with Crippen LogP contribution in [-0.2, 0) is 6.42 Å². The van der Waals surface area contributed by atoms with E-state index in [1.165, 1.54) is 12.1 Å². The molecule has 0 amide bonds. The van der Waals surface area contributed by atoms with Crippen molar-refractivity contribution in [3.05, 3.63) is 53.6 Å². The van der Waals surface area contributed by atoms with E-state index in [2.05, 4.69) is 6.08 Å². The van der Waals surface area contributed by atoms with Gasteiger partial charge >= 0.3 is 5.51 Å². The van der Waals surface area contributed by atoms with Crippen LogP contribution in [0, 0.1) is 0 Å². The summed E-state index contributed by atoms with van der Waals surface area (Å²) in [4.78, 5) is 0.141. The summed E-state index contributed by atoms with van der Waals surface area (Å²) < 4.78 is 37.2. The van der Waals surface area contributed by atoms with E-state index >= 15 is 0 Å². The quantitative estimate of drug-likeness (QED) is 0.677.